The summed E-state index contributed by atoms with van der Waals surface area (Å²) in [5.74, 6) is 0. The van der Waals surface area contributed by atoms with Gasteiger partial charge in [0.15, 0.2) is 0 Å². The van der Waals surface area contributed by atoms with Crippen LogP contribution in [0.3, 0.4) is 0 Å². The fraction of sp³-hybridized carbons (Fsp3) is 1.00. The third-order valence-electron chi connectivity index (χ3n) is 4.26. The molecule has 6 heteroatoms. The van der Waals surface area contributed by atoms with Crippen molar-refractivity contribution >= 4 is 10.0 Å². The second-order valence-corrected chi connectivity index (χ2v) is 7.35. The lowest BCUT2D eigenvalue weighted by molar-refractivity contribution is 0.0751. The maximum Gasteiger partial charge on any atom is 0.211 e. The molecule has 0 aromatic carbocycles. The maximum atomic E-state index is 11.5. The average Bonchev–Trinajstić information content (AvgIpc) is 2.38. The lowest BCUT2D eigenvalue weighted by Crippen LogP contribution is -2.53. The molecule has 0 saturated carbocycles. The van der Waals surface area contributed by atoms with Crippen LogP contribution in [-0.2, 0) is 10.0 Å². The Morgan fingerprint density at radius 3 is 2.00 bits per heavy atom. The highest BCUT2D eigenvalue weighted by Crippen LogP contribution is 2.19. The SMILES string of the molecule is CCN1CCN(C2CCN(S(C)(=O)=O)CC2)CC1. The molecule has 18 heavy (non-hydrogen) atoms. The molecule has 0 amide bonds. The second kappa shape index (κ2) is 5.86. The number of hydrogen-bond donors (Lipinski definition) is 0. The van der Waals surface area contributed by atoms with E-state index in [2.05, 4.69) is 16.7 Å². The van der Waals surface area contributed by atoms with E-state index >= 15 is 0 Å². The van der Waals surface area contributed by atoms with E-state index in [-0.39, 0.29) is 0 Å². The number of piperidine rings is 1. The number of rotatable bonds is 3. The van der Waals surface area contributed by atoms with E-state index in [0.717, 1.165) is 45.6 Å². The fourth-order valence-electron chi connectivity index (χ4n) is 2.98. The minimum atomic E-state index is -2.99. The molecule has 0 aromatic heterocycles. The van der Waals surface area contributed by atoms with Gasteiger partial charge >= 0.3 is 0 Å². The first kappa shape index (κ1) is 14.2. The van der Waals surface area contributed by atoms with Gasteiger partial charge in [-0.25, -0.2) is 12.7 Å². The molecule has 2 aliphatic heterocycles. The summed E-state index contributed by atoms with van der Waals surface area (Å²) in [7, 11) is -2.99. The molecule has 2 aliphatic rings. The summed E-state index contributed by atoms with van der Waals surface area (Å²) in [5, 5.41) is 0. The van der Waals surface area contributed by atoms with Crippen molar-refractivity contribution in [3.63, 3.8) is 0 Å². The van der Waals surface area contributed by atoms with E-state index in [1.165, 1.54) is 6.26 Å². The molecule has 5 nitrogen and oxygen atoms in total. The van der Waals surface area contributed by atoms with Gasteiger partial charge in [-0.2, -0.15) is 0 Å². The van der Waals surface area contributed by atoms with E-state index in [4.69, 9.17) is 0 Å². The zero-order valence-corrected chi connectivity index (χ0v) is 12.3. The van der Waals surface area contributed by atoms with Crippen molar-refractivity contribution in [3.05, 3.63) is 0 Å². The summed E-state index contributed by atoms with van der Waals surface area (Å²) in [6.07, 6.45) is 3.28. The molecule has 106 valence electrons. The van der Waals surface area contributed by atoms with Gasteiger partial charge in [-0.3, -0.25) is 4.90 Å². The number of sulfonamides is 1. The van der Waals surface area contributed by atoms with Gasteiger partial charge in [0, 0.05) is 45.3 Å². The highest BCUT2D eigenvalue weighted by Gasteiger charge is 2.29. The Bertz CT molecular complexity index is 356. The smallest absolute Gasteiger partial charge is 0.211 e. The Balaban J connectivity index is 1.80. The molecule has 0 N–H and O–H groups in total. The highest BCUT2D eigenvalue weighted by atomic mass is 32.2. The Hall–Kier alpha value is -0.170. The largest absolute Gasteiger partial charge is 0.301 e. The van der Waals surface area contributed by atoms with Crippen molar-refractivity contribution in [2.45, 2.75) is 25.8 Å². The molecule has 2 heterocycles. The van der Waals surface area contributed by atoms with Crippen molar-refractivity contribution in [2.75, 3.05) is 52.1 Å². The van der Waals surface area contributed by atoms with Crippen LogP contribution in [-0.4, -0.2) is 80.6 Å². The van der Waals surface area contributed by atoms with Gasteiger partial charge in [0.2, 0.25) is 10.0 Å². The van der Waals surface area contributed by atoms with Crippen LogP contribution in [0.25, 0.3) is 0 Å². The third kappa shape index (κ3) is 3.44. The Kier molecular flexibility index (Phi) is 4.64. The van der Waals surface area contributed by atoms with E-state index in [1.807, 2.05) is 0 Å². The molecule has 0 aliphatic carbocycles. The van der Waals surface area contributed by atoms with Crippen molar-refractivity contribution in [2.24, 2.45) is 0 Å². The monoisotopic (exact) mass is 275 g/mol. The highest BCUT2D eigenvalue weighted by molar-refractivity contribution is 7.88. The predicted octanol–water partition coefficient (Wildman–Crippen LogP) is 0.0479. The van der Waals surface area contributed by atoms with Gasteiger partial charge < -0.3 is 4.90 Å². The van der Waals surface area contributed by atoms with Crippen LogP contribution in [0.2, 0.25) is 0 Å². The van der Waals surface area contributed by atoms with E-state index in [1.54, 1.807) is 4.31 Å². The Labute approximate surface area is 111 Å². The number of nitrogens with zero attached hydrogens (tertiary/aromatic N) is 3. The van der Waals surface area contributed by atoms with Gasteiger partial charge in [-0.05, 0) is 19.4 Å². The van der Waals surface area contributed by atoms with Crippen molar-refractivity contribution < 1.29 is 8.42 Å². The zero-order valence-electron chi connectivity index (χ0n) is 11.5. The minimum absolute atomic E-state index is 0.585. The summed E-state index contributed by atoms with van der Waals surface area (Å²) in [5.41, 5.74) is 0. The van der Waals surface area contributed by atoms with E-state index < -0.39 is 10.0 Å². The van der Waals surface area contributed by atoms with Gasteiger partial charge in [0.25, 0.3) is 0 Å². The summed E-state index contributed by atoms with van der Waals surface area (Å²) >= 11 is 0. The van der Waals surface area contributed by atoms with E-state index in [9.17, 15) is 8.42 Å². The van der Waals surface area contributed by atoms with E-state index in [0.29, 0.717) is 19.1 Å². The number of likely N-dealkylation sites (N-methyl/N-ethyl adjacent to an activating group) is 1. The first-order valence-electron chi connectivity index (χ1n) is 6.92. The number of piperazine rings is 1. The lowest BCUT2D eigenvalue weighted by Gasteiger charge is -2.42. The molecular formula is C12H25N3O2S. The zero-order chi connectivity index (χ0) is 13.2. The average molecular weight is 275 g/mol. The van der Waals surface area contributed by atoms with Crippen molar-refractivity contribution in [1.82, 2.24) is 14.1 Å². The molecule has 0 bridgehead atoms. The molecule has 2 saturated heterocycles. The summed E-state index contributed by atoms with van der Waals surface area (Å²) < 4.78 is 24.5. The predicted molar refractivity (Wildman–Crippen MR) is 73.1 cm³/mol. The quantitative estimate of drug-likeness (QED) is 0.730. The molecule has 0 atom stereocenters. The van der Waals surface area contributed by atoms with Crippen LogP contribution in [0.1, 0.15) is 19.8 Å². The lowest BCUT2D eigenvalue weighted by atomic mass is 10.0. The van der Waals surface area contributed by atoms with Crippen LogP contribution in [0.5, 0.6) is 0 Å². The molecular weight excluding hydrogens is 250 g/mol. The van der Waals surface area contributed by atoms with Crippen molar-refractivity contribution in [1.29, 1.82) is 0 Å². The van der Waals surface area contributed by atoms with Gasteiger partial charge in [-0.1, -0.05) is 6.92 Å². The number of hydrogen-bond acceptors (Lipinski definition) is 4. The van der Waals surface area contributed by atoms with Crippen LogP contribution >= 0.6 is 0 Å². The molecule has 2 rings (SSSR count). The first-order chi connectivity index (χ1) is 8.50. The molecule has 0 aromatic rings. The van der Waals surface area contributed by atoms with Crippen LogP contribution < -0.4 is 0 Å². The standard InChI is InChI=1S/C12H25N3O2S/c1-3-13-8-10-14(11-9-13)12-4-6-15(7-5-12)18(2,16)17/h12H,3-11H2,1-2H3. The van der Waals surface area contributed by atoms with Crippen molar-refractivity contribution in [3.8, 4) is 0 Å². The molecule has 0 spiro atoms. The van der Waals surface area contributed by atoms with Crippen LogP contribution in [0, 0.1) is 0 Å². The summed E-state index contributed by atoms with van der Waals surface area (Å²) in [6, 6.07) is 0.585. The Morgan fingerprint density at radius 1 is 1.00 bits per heavy atom. The van der Waals surface area contributed by atoms with Gasteiger partial charge in [0.05, 0.1) is 6.26 Å². The topological polar surface area (TPSA) is 43.9 Å². The molecule has 0 radical (unpaired) electrons. The summed E-state index contributed by atoms with van der Waals surface area (Å²) in [4.78, 5) is 5.02. The van der Waals surface area contributed by atoms with Crippen LogP contribution in [0.4, 0.5) is 0 Å². The normalized spacial score (nSPS) is 26.6. The van der Waals surface area contributed by atoms with Crippen LogP contribution in [0.15, 0.2) is 0 Å². The third-order valence-corrected chi connectivity index (χ3v) is 5.57. The first-order valence-corrected chi connectivity index (χ1v) is 8.77. The second-order valence-electron chi connectivity index (χ2n) is 5.36. The molecule has 0 unspecified atom stereocenters. The summed E-state index contributed by atoms with van der Waals surface area (Å²) in [6.45, 7) is 9.32. The fourth-order valence-corrected chi connectivity index (χ4v) is 3.86. The maximum absolute atomic E-state index is 11.5. The van der Waals surface area contributed by atoms with Gasteiger partial charge in [0.1, 0.15) is 0 Å². The Morgan fingerprint density at radius 2 is 1.56 bits per heavy atom. The van der Waals surface area contributed by atoms with Gasteiger partial charge in [-0.15, -0.1) is 0 Å². The minimum Gasteiger partial charge on any atom is -0.301 e. The molecule has 2 fully saturated rings.